The third kappa shape index (κ3) is 0.593. The molecule has 0 amide bonds. The molecule has 1 fully saturated rings. The smallest absolute Gasteiger partial charge is 0.0576 e. The van der Waals surface area contributed by atoms with E-state index in [-0.39, 0.29) is 5.41 Å². The Balaban J connectivity index is 2.38. The molecule has 50 valence electrons. The third-order valence-corrected chi connectivity index (χ3v) is 2.18. The molecular weight excluding hydrogens is 122 g/mol. The molecule has 0 saturated heterocycles. The van der Waals surface area contributed by atoms with Gasteiger partial charge in [-0.15, -0.1) is 6.42 Å². The van der Waals surface area contributed by atoms with Gasteiger partial charge >= 0.3 is 0 Å². The standard InChI is InChI=1S/C9H9N/c1-2-9(4-5-9)8-3-6-10-7-8/h1,3,6-7,10H,4-5H2. The molecule has 1 aliphatic carbocycles. The molecule has 10 heavy (non-hydrogen) atoms. The summed E-state index contributed by atoms with van der Waals surface area (Å²) in [7, 11) is 0. The van der Waals surface area contributed by atoms with Crippen LogP contribution < -0.4 is 0 Å². The first-order valence-corrected chi connectivity index (χ1v) is 3.48. The summed E-state index contributed by atoms with van der Waals surface area (Å²) >= 11 is 0. The van der Waals surface area contributed by atoms with Gasteiger partial charge in [0.15, 0.2) is 0 Å². The lowest BCUT2D eigenvalue weighted by atomic mass is 10.0. The second kappa shape index (κ2) is 1.67. The summed E-state index contributed by atoms with van der Waals surface area (Å²) < 4.78 is 0. The van der Waals surface area contributed by atoms with Crippen molar-refractivity contribution in [2.45, 2.75) is 18.3 Å². The average molecular weight is 131 g/mol. The minimum absolute atomic E-state index is 0.111. The van der Waals surface area contributed by atoms with E-state index < -0.39 is 0 Å². The molecule has 0 spiro atoms. The summed E-state index contributed by atoms with van der Waals surface area (Å²) in [5.41, 5.74) is 1.38. The zero-order valence-corrected chi connectivity index (χ0v) is 5.72. The fraction of sp³-hybridized carbons (Fsp3) is 0.333. The maximum absolute atomic E-state index is 5.40. The van der Waals surface area contributed by atoms with E-state index in [9.17, 15) is 0 Å². The van der Waals surface area contributed by atoms with Gasteiger partial charge in [-0.1, -0.05) is 5.92 Å². The Bertz CT molecular complexity index is 259. The normalized spacial score (nSPS) is 19.9. The molecule has 1 nitrogen and oxygen atoms in total. The van der Waals surface area contributed by atoms with Crippen molar-refractivity contribution in [3.63, 3.8) is 0 Å². The molecule has 0 aromatic carbocycles. The second-order valence-electron chi connectivity index (χ2n) is 2.83. The van der Waals surface area contributed by atoms with Crippen molar-refractivity contribution in [3.8, 4) is 12.3 Å². The van der Waals surface area contributed by atoms with Crippen LogP contribution in [-0.2, 0) is 5.41 Å². The molecule has 1 aliphatic rings. The fourth-order valence-corrected chi connectivity index (χ4v) is 1.26. The van der Waals surface area contributed by atoms with Crippen LogP contribution in [0.25, 0.3) is 0 Å². The number of hydrogen-bond donors (Lipinski definition) is 1. The molecule has 0 aliphatic heterocycles. The lowest BCUT2D eigenvalue weighted by molar-refractivity contribution is 0.934. The molecule has 0 bridgehead atoms. The quantitative estimate of drug-likeness (QED) is 0.558. The van der Waals surface area contributed by atoms with Gasteiger partial charge in [-0.05, 0) is 24.5 Å². The zero-order chi connectivity index (χ0) is 7.03. The molecule has 1 N–H and O–H groups in total. The van der Waals surface area contributed by atoms with Crippen molar-refractivity contribution < 1.29 is 0 Å². The van der Waals surface area contributed by atoms with Crippen LogP contribution in [0.15, 0.2) is 18.5 Å². The molecule has 1 aromatic rings. The van der Waals surface area contributed by atoms with Crippen LogP contribution in [0.2, 0.25) is 0 Å². The SMILES string of the molecule is C#CC1(c2cc[nH]c2)CC1. The van der Waals surface area contributed by atoms with Crippen molar-refractivity contribution in [2.24, 2.45) is 0 Å². The maximum atomic E-state index is 5.40. The highest BCUT2D eigenvalue weighted by molar-refractivity contribution is 5.38. The summed E-state index contributed by atoms with van der Waals surface area (Å²) in [6.45, 7) is 0. The zero-order valence-electron chi connectivity index (χ0n) is 5.72. The van der Waals surface area contributed by atoms with Crippen LogP contribution in [0, 0.1) is 12.3 Å². The number of terminal acetylenes is 1. The lowest BCUT2D eigenvalue weighted by Gasteiger charge is -2.01. The molecule has 1 heteroatoms. The average Bonchev–Trinajstić information content (AvgIpc) is 2.58. The molecule has 0 radical (unpaired) electrons. The fourth-order valence-electron chi connectivity index (χ4n) is 1.26. The first-order chi connectivity index (χ1) is 4.87. The van der Waals surface area contributed by atoms with Gasteiger partial charge in [0.2, 0.25) is 0 Å². The highest BCUT2D eigenvalue weighted by Crippen LogP contribution is 2.47. The topological polar surface area (TPSA) is 15.8 Å². The van der Waals surface area contributed by atoms with Crippen LogP contribution >= 0.6 is 0 Å². The number of H-pyrrole nitrogens is 1. The van der Waals surface area contributed by atoms with Crippen molar-refractivity contribution in [2.75, 3.05) is 0 Å². The lowest BCUT2D eigenvalue weighted by Crippen LogP contribution is -1.99. The summed E-state index contributed by atoms with van der Waals surface area (Å²) in [6.07, 6.45) is 11.6. The van der Waals surface area contributed by atoms with Crippen LogP contribution in [-0.4, -0.2) is 4.98 Å². The maximum Gasteiger partial charge on any atom is 0.0576 e. The number of aromatic amines is 1. The minimum Gasteiger partial charge on any atom is -0.367 e. The largest absolute Gasteiger partial charge is 0.367 e. The Morgan fingerprint density at radius 3 is 2.80 bits per heavy atom. The number of rotatable bonds is 1. The summed E-state index contributed by atoms with van der Waals surface area (Å²) in [6, 6.07) is 2.06. The predicted octanol–water partition coefficient (Wildman–Crippen LogP) is 1.68. The molecule has 1 saturated carbocycles. The number of nitrogens with one attached hydrogen (secondary N) is 1. The Kier molecular flexibility index (Phi) is 0.935. The third-order valence-electron chi connectivity index (χ3n) is 2.18. The first kappa shape index (κ1) is 5.61. The van der Waals surface area contributed by atoms with Crippen molar-refractivity contribution >= 4 is 0 Å². The van der Waals surface area contributed by atoms with Gasteiger partial charge in [-0.3, -0.25) is 0 Å². The van der Waals surface area contributed by atoms with E-state index in [0.29, 0.717) is 0 Å². The van der Waals surface area contributed by atoms with Gasteiger partial charge in [0.05, 0.1) is 5.41 Å². The van der Waals surface area contributed by atoms with E-state index in [1.165, 1.54) is 5.56 Å². The van der Waals surface area contributed by atoms with E-state index in [1.807, 2.05) is 12.4 Å². The molecule has 1 aromatic heterocycles. The van der Waals surface area contributed by atoms with Gasteiger partial charge in [0.25, 0.3) is 0 Å². The van der Waals surface area contributed by atoms with E-state index >= 15 is 0 Å². The minimum atomic E-state index is 0.111. The van der Waals surface area contributed by atoms with E-state index in [2.05, 4.69) is 17.0 Å². The molecule has 0 unspecified atom stereocenters. The van der Waals surface area contributed by atoms with E-state index in [0.717, 1.165) is 12.8 Å². The van der Waals surface area contributed by atoms with E-state index in [1.54, 1.807) is 0 Å². The van der Waals surface area contributed by atoms with Crippen LogP contribution in [0.1, 0.15) is 18.4 Å². The second-order valence-corrected chi connectivity index (χ2v) is 2.83. The van der Waals surface area contributed by atoms with Crippen molar-refractivity contribution in [1.29, 1.82) is 0 Å². The first-order valence-electron chi connectivity index (χ1n) is 3.48. The summed E-state index contributed by atoms with van der Waals surface area (Å²) in [4.78, 5) is 3.01. The van der Waals surface area contributed by atoms with Crippen LogP contribution in [0.4, 0.5) is 0 Å². The van der Waals surface area contributed by atoms with Crippen molar-refractivity contribution in [1.82, 2.24) is 4.98 Å². The Labute approximate surface area is 60.5 Å². The van der Waals surface area contributed by atoms with Gasteiger partial charge < -0.3 is 4.98 Å². The van der Waals surface area contributed by atoms with Crippen molar-refractivity contribution in [3.05, 3.63) is 24.0 Å². The highest BCUT2D eigenvalue weighted by Gasteiger charge is 2.42. The van der Waals surface area contributed by atoms with Crippen LogP contribution in [0.5, 0.6) is 0 Å². The summed E-state index contributed by atoms with van der Waals surface area (Å²) in [5, 5.41) is 0. The number of hydrogen-bond acceptors (Lipinski definition) is 0. The Morgan fingerprint density at radius 2 is 2.40 bits per heavy atom. The molecule has 2 rings (SSSR count). The van der Waals surface area contributed by atoms with Gasteiger partial charge in [0.1, 0.15) is 0 Å². The van der Waals surface area contributed by atoms with Gasteiger partial charge in [-0.25, -0.2) is 0 Å². The summed E-state index contributed by atoms with van der Waals surface area (Å²) in [5.74, 6) is 2.83. The Hall–Kier alpha value is -1.16. The van der Waals surface area contributed by atoms with Gasteiger partial charge in [-0.2, -0.15) is 0 Å². The van der Waals surface area contributed by atoms with Gasteiger partial charge in [0, 0.05) is 12.4 Å². The van der Waals surface area contributed by atoms with Crippen LogP contribution in [0.3, 0.4) is 0 Å². The molecule has 0 atom stereocenters. The predicted molar refractivity (Wildman–Crippen MR) is 40.5 cm³/mol. The molecular formula is C9H9N. The highest BCUT2D eigenvalue weighted by atomic mass is 14.6. The monoisotopic (exact) mass is 131 g/mol. The Morgan fingerprint density at radius 1 is 1.60 bits per heavy atom. The van der Waals surface area contributed by atoms with E-state index in [4.69, 9.17) is 6.42 Å². The number of aromatic nitrogens is 1. The molecule has 1 heterocycles.